The average molecular weight is 555 g/mol. The van der Waals surface area contributed by atoms with Crippen LogP contribution in [-0.2, 0) is 16.1 Å². The second-order valence-corrected chi connectivity index (χ2v) is 11.4. The number of aliphatic hydroxyl groups excluding tert-OH is 1. The van der Waals surface area contributed by atoms with Crippen LogP contribution >= 0.6 is 0 Å². The molecule has 2 N–H and O–H groups in total. The van der Waals surface area contributed by atoms with Crippen LogP contribution in [0.4, 0.5) is 0 Å². The average Bonchev–Trinajstić information content (AvgIpc) is 3.88. The fourth-order valence-electron chi connectivity index (χ4n) is 6.04. The fraction of sp³-hybridized carbons (Fsp3) is 0.429. The van der Waals surface area contributed by atoms with Crippen molar-refractivity contribution in [2.75, 3.05) is 6.61 Å². The van der Waals surface area contributed by atoms with E-state index < -0.39 is 12.1 Å². The Morgan fingerprint density at radius 3 is 2.20 bits per heavy atom. The topological polar surface area (TPSA) is 78.9 Å². The van der Waals surface area contributed by atoms with E-state index >= 15 is 0 Å². The molecule has 0 bridgehead atoms. The number of ether oxygens (including phenoxy) is 1. The summed E-state index contributed by atoms with van der Waals surface area (Å²) in [6, 6.07) is 27.6. The molecule has 1 unspecified atom stereocenters. The SMILES string of the molecule is CCC(Oc1ccccc1)C(=O)N(Cc1ccc([C@H]2CCCC[C@@H]2C(=O)N[C@@H](CO)c2ccccc2)cc1)C1CC1. The first-order valence-electron chi connectivity index (χ1n) is 15.1. The van der Waals surface area contributed by atoms with Crippen LogP contribution in [0.25, 0.3) is 0 Å². The molecule has 0 spiro atoms. The Balaban J connectivity index is 1.25. The van der Waals surface area contributed by atoms with E-state index in [0.717, 1.165) is 55.2 Å². The zero-order chi connectivity index (χ0) is 28.6. The van der Waals surface area contributed by atoms with Gasteiger partial charge in [0.2, 0.25) is 5.91 Å². The van der Waals surface area contributed by atoms with Crippen LogP contribution in [0, 0.1) is 5.92 Å². The summed E-state index contributed by atoms with van der Waals surface area (Å²) in [7, 11) is 0. The van der Waals surface area contributed by atoms with Crippen LogP contribution in [0.15, 0.2) is 84.9 Å². The van der Waals surface area contributed by atoms with Crippen molar-refractivity contribution in [3.05, 3.63) is 102 Å². The van der Waals surface area contributed by atoms with Crippen molar-refractivity contribution in [3.8, 4) is 5.75 Å². The van der Waals surface area contributed by atoms with Crippen molar-refractivity contribution in [2.24, 2.45) is 5.92 Å². The van der Waals surface area contributed by atoms with Crippen molar-refractivity contribution >= 4 is 11.8 Å². The summed E-state index contributed by atoms with van der Waals surface area (Å²) >= 11 is 0. The van der Waals surface area contributed by atoms with Gasteiger partial charge in [0.25, 0.3) is 5.91 Å². The number of benzene rings is 3. The van der Waals surface area contributed by atoms with E-state index in [4.69, 9.17) is 4.74 Å². The number of nitrogens with zero attached hydrogens (tertiary/aromatic N) is 1. The number of rotatable bonds is 12. The van der Waals surface area contributed by atoms with Gasteiger partial charge in [0.15, 0.2) is 6.10 Å². The van der Waals surface area contributed by atoms with E-state index in [9.17, 15) is 14.7 Å². The highest BCUT2D eigenvalue weighted by Crippen LogP contribution is 2.39. The van der Waals surface area contributed by atoms with Gasteiger partial charge in [0, 0.05) is 18.5 Å². The molecule has 2 fully saturated rings. The number of hydrogen-bond acceptors (Lipinski definition) is 4. The molecule has 0 aliphatic heterocycles. The van der Waals surface area contributed by atoms with Gasteiger partial charge in [-0.3, -0.25) is 9.59 Å². The van der Waals surface area contributed by atoms with Crippen molar-refractivity contribution < 1.29 is 19.4 Å². The van der Waals surface area contributed by atoms with Gasteiger partial charge in [-0.05, 0) is 66.8 Å². The zero-order valence-electron chi connectivity index (χ0n) is 24.0. The van der Waals surface area contributed by atoms with Gasteiger partial charge in [-0.15, -0.1) is 0 Å². The minimum absolute atomic E-state index is 0.0104. The van der Waals surface area contributed by atoms with Gasteiger partial charge in [0.05, 0.1) is 12.6 Å². The van der Waals surface area contributed by atoms with Crippen LogP contribution in [0.1, 0.15) is 80.5 Å². The normalized spacial score (nSPS) is 20.0. The van der Waals surface area contributed by atoms with Crippen LogP contribution in [0.5, 0.6) is 5.75 Å². The summed E-state index contributed by atoms with van der Waals surface area (Å²) in [5.41, 5.74) is 3.16. The number of para-hydroxylation sites is 1. The molecule has 0 aromatic heterocycles. The Morgan fingerprint density at radius 1 is 0.902 bits per heavy atom. The maximum absolute atomic E-state index is 13.6. The van der Waals surface area contributed by atoms with E-state index in [2.05, 4.69) is 29.6 Å². The highest BCUT2D eigenvalue weighted by Gasteiger charge is 2.37. The van der Waals surface area contributed by atoms with Crippen molar-refractivity contribution in [3.63, 3.8) is 0 Å². The monoisotopic (exact) mass is 554 g/mol. The maximum Gasteiger partial charge on any atom is 0.264 e. The molecular weight excluding hydrogens is 512 g/mol. The van der Waals surface area contributed by atoms with Crippen molar-refractivity contribution in [1.82, 2.24) is 10.2 Å². The summed E-state index contributed by atoms with van der Waals surface area (Å²) < 4.78 is 6.07. The summed E-state index contributed by atoms with van der Waals surface area (Å²) in [4.78, 5) is 29.0. The van der Waals surface area contributed by atoms with Gasteiger partial charge in [-0.2, -0.15) is 0 Å². The largest absolute Gasteiger partial charge is 0.481 e. The predicted octanol–water partition coefficient (Wildman–Crippen LogP) is 6.16. The zero-order valence-corrected chi connectivity index (χ0v) is 24.0. The Kier molecular flexibility index (Phi) is 9.73. The van der Waals surface area contributed by atoms with E-state index in [1.165, 1.54) is 0 Å². The summed E-state index contributed by atoms with van der Waals surface area (Å²) in [5.74, 6) is 0.781. The molecule has 0 radical (unpaired) electrons. The Hall–Kier alpha value is -3.64. The number of carbonyl (C=O) groups excluding carboxylic acids is 2. The molecule has 6 heteroatoms. The molecular formula is C35H42N2O4. The standard InChI is InChI=1S/C35H42N2O4/c1-2-33(41-29-13-7-4-8-14-29)35(40)37(28-21-22-28)23-25-17-19-26(20-18-25)30-15-9-10-16-31(30)34(39)36-32(24-38)27-11-5-3-6-12-27/h3-8,11-14,17-20,28,30-33,38H,2,9-10,15-16,21-24H2,1H3,(H,36,39)/t30-,31+,32+,33?/m1/s1. The lowest BCUT2D eigenvalue weighted by Gasteiger charge is -2.32. The Labute approximate surface area is 243 Å². The van der Waals surface area contributed by atoms with Gasteiger partial charge in [-0.25, -0.2) is 0 Å². The number of aliphatic hydroxyl groups is 1. The first-order valence-corrected chi connectivity index (χ1v) is 15.1. The third kappa shape index (κ3) is 7.36. The van der Waals surface area contributed by atoms with Crippen LogP contribution in [-0.4, -0.2) is 40.6 Å². The predicted molar refractivity (Wildman–Crippen MR) is 160 cm³/mol. The third-order valence-electron chi connectivity index (χ3n) is 8.50. The van der Waals surface area contributed by atoms with E-state index in [1.54, 1.807) is 0 Å². The number of carbonyl (C=O) groups is 2. The highest BCUT2D eigenvalue weighted by atomic mass is 16.5. The van der Waals surface area contributed by atoms with Crippen LogP contribution in [0.3, 0.4) is 0 Å². The van der Waals surface area contributed by atoms with Gasteiger partial charge in [0.1, 0.15) is 5.75 Å². The lowest BCUT2D eigenvalue weighted by Crippen LogP contribution is -2.42. The molecule has 41 heavy (non-hydrogen) atoms. The minimum atomic E-state index is -0.502. The molecule has 2 aliphatic carbocycles. The van der Waals surface area contributed by atoms with Gasteiger partial charge < -0.3 is 20.1 Å². The maximum atomic E-state index is 13.6. The smallest absolute Gasteiger partial charge is 0.264 e. The molecule has 2 aliphatic rings. The lowest BCUT2D eigenvalue weighted by atomic mass is 9.74. The first-order chi connectivity index (χ1) is 20.1. The Bertz CT molecular complexity index is 1260. The molecule has 5 rings (SSSR count). The minimum Gasteiger partial charge on any atom is -0.481 e. The molecule has 0 saturated heterocycles. The molecule has 2 amide bonds. The Morgan fingerprint density at radius 2 is 1.56 bits per heavy atom. The summed E-state index contributed by atoms with van der Waals surface area (Å²) in [6.07, 6.45) is 6.11. The van der Waals surface area contributed by atoms with Gasteiger partial charge in [-0.1, -0.05) is 92.6 Å². The number of hydrogen-bond donors (Lipinski definition) is 2. The lowest BCUT2D eigenvalue weighted by molar-refractivity contribution is -0.140. The molecule has 3 aromatic rings. The summed E-state index contributed by atoms with van der Waals surface area (Å²) in [6.45, 7) is 2.42. The van der Waals surface area contributed by atoms with Crippen LogP contribution in [0.2, 0.25) is 0 Å². The number of nitrogens with one attached hydrogen (secondary N) is 1. The van der Waals surface area contributed by atoms with E-state index in [1.807, 2.05) is 72.5 Å². The molecule has 216 valence electrons. The number of amides is 2. The third-order valence-corrected chi connectivity index (χ3v) is 8.50. The molecule has 2 saturated carbocycles. The van der Waals surface area contributed by atoms with Crippen molar-refractivity contribution in [2.45, 2.75) is 82.5 Å². The van der Waals surface area contributed by atoms with Gasteiger partial charge >= 0.3 is 0 Å². The molecule has 4 atom stereocenters. The second kappa shape index (κ2) is 13.8. The molecule has 0 heterocycles. The summed E-state index contributed by atoms with van der Waals surface area (Å²) in [5, 5.41) is 13.1. The second-order valence-electron chi connectivity index (χ2n) is 11.4. The van der Waals surface area contributed by atoms with Crippen LogP contribution < -0.4 is 10.1 Å². The fourth-order valence-corrected chi connectivity index (χ4v) is 6.04. The first kappa shape index (κ1) is 28.9. The molecule has 3 aromatic carbocycles. The van der Waals surface area contributed by atoms with Crippen molar-refractivity contribution in [1.29, 1.82) is 0 Å². The highest BCUT2D eigenvalue weighted by molar-refractivity contribution is 5.82. The van der Waals surface area contributed by atoms with E-state index in [-0.39, 0.29) is 36.3 Å². The molecule has 6 nitrogen and oxygen atoms in total. The quantitative estimate of drug-likeness (QED) is 0.281. The van der Waals surface area contributed by atoms with E-state index in [0.29, 0.717) is 18.7 Å².